The first-order chi connectivity index (χ1) is 15.2. The van der Waals surface area contributed by atoms with Crippen LogP contribution in [0.5, 0.6) is 0 Å². The number of halogens is 2. The summed E-state index contributed by atoms with van der Waals surface area (Å²) < 4.78 is 3.74. The average Bonchev–Trinajstić information content (AvgIpc) is 3.42. The van der Waals surface area contributed by atoms with Crippen molar-refractivity contribution < 1.29 is 0 Å². The maximum absolute atomic E-state index is 3.72. The highest BCUT2D eigenvalue weighted by molar-refractivity contribution is 9.11. The number of thiophene rings is 2. The quantitative estimate of drug-likeness (QED) is 0.171. The molecule has 2 aromatic heterocycles. The molecule has 0 aliphatic heterocycles. The lowest BCUT2D eigenvalue weighted by Crippen LogP contribution is -2.17. The molecule has 0 bridgehead atoms. The van der Waals surface area contributed by atoms with Crippen LogP contribution in [-0.4, -0.2) is 0 Å². The molecule has 4 heteroatoms. The highest BCUT2D eigenvalue weighted by Crippen LogP contribution is 2.60. The van der Waals surface area contributed by atoms with Gasteiger partial charge < -0.3 is 0 Å². The first-order valence-corrected chi connectivity index (χ1v) is 14.1. The topological polar surface area (TPSA) is 0 Å². The minimum Gasteiger partial charge on any atom is -0.135 e. The van der Waals surface area contributed by atoms with E-state index in [-0.39, 0.29) is 10.8 Å². The van der Waals surface area contributed by atoms with E-state index in [9.17, 15) is 0 Å². The van der Waals surface area contributed by atoms with Gasteiger partial charge in [-0.2, -0.15) is 0 Å². The Kier molecular flexibility index (Phi) is 3.84. The highest BCUT2D eigenvalue weighted by Gasteiger charge is 2.43. The molecule has 0 spiro atoms. The fourth-order valence-corrected chi connectivity index (χ4v) is 10.0. The third-order valence-corrected chi connectivity index (χ3v) is 10.9. The molecule has 5 aromatic rings. The summed E-state index contributed by atoms with van der Waals surface area (Å²) in [6, 6.07) is 18.6. The molecule has 0 N–H and O–H groups in total. The van der Waals surface area contributed by atoms with E-state index in [4.69, 9.17) is 0 Å². The predicted molar refractivity (Wildman–Crippen MR) is 148 cm³/mol. The zero-order valence-corrected chi connectivity index (χ0v) is 23.0. The molecule has 158 valence electrons. The Morgan fingerprint density at radius 1 is 0.625 bits per heavy atom. The molecule has 0 fully saturated rings. The van der Waals surface area contributed by atoms with Gasteiger partial charge in [0.15, 0.2) is 0 Å². The van der Waals surface area contributed by atoms with Crippen LogP contribution in [0.25, 0.3) is 41.7 Å². The van der Waals surface area contributed by atoms with Crippen LogP contribution in [0, 0.1) is 0 Å². The summed E-state index contributed by atoms with van der Waals surface area (Å²) in [5, 5.41) is 4.24. The van der Waals surface area contributed by atoms with Gasteiger partial charge in [0.2, 0.25) is 0 Å². The lowest BCUT2D eigenvalue weighted by molar-refractivity contribution is 0.664. The standard InChI is InChI=1S/C28H20Br2S2/c1-27(2)19-12-21(30)32-25(19)17-9-7-15-14(22(17)27)8-10-18-23(15)28(3,4)24-16-6-5-13(29)11-20(16)31-26(18)24/h5-12H,1-4H3. The Labute approximate surface area is 212 Å². The normalized spacial score (nSPS) is 16.9. The first kappa shape index (κ1) is 20.0. The molecule has 2 aliphatic rings. The van der Waals surface area contributed by atoms with E-state index in [0.29, 0.717) is 0 Å². The van der Waals surface area contributed by atoms with Crippen LogP contribution in [0.1, 0.15) is 49.9 Å². The van der Waals surface area contributed by atoms with Gasteiger partial charge in [-0.05, 0) is 83.7 Å². The summed E-state index contributed by atoms with van der Waals surface area (Å²) >= 11 is 11.2. The molecule has 0 amide bonds. The van der Waals surface area contributed by atoms with Crippen LogP contribution in [-0.2, 0) is 10.8 Å². The molecule has 0 nitrogen and oxygen atoms in total. The molecule has 0 radical (unpaired) electrons. The van der Waals surface area contributed by atoms with E-state index in [2.05, 4.69) is 108 Å². The third-order valence-electron chi connectivity index (χ3n) is 7.59. The summed E-state index contributed by atoms with van der Waals surface area (Å²) in [7, 11) is 0. The van der Waals surface area contributed by atoms with Gasteiger partial charge in [-0.1, -0.05) is 74.0 Å². The summed E-state index contributed by atoms with van der Waals surface area (Å²) in [4.78, 5) is 2.87. The van der Waals surface area contributed by atoms with Crippen molar-refractivity contribution in [2.24, 2.45) is 0 Å². The van der Waals surface area contributed by atoms with Crippen molar-refractivity contribution in [3.8, 4) is 20.9 Å². The van der Waals surface area contributed by atoms with E-state index in [0.717, 1.165) is 4.47 Å². The zero-order valence-electron chi connectivity index (χ0n) is 18.2. The molecular weight excluding hydrogens is 560 g/mol. The van der Waals surface area contributed by atoms with Gasteiger partial charge in [0, 0.05) is 29.8 Å². The Morgan fingerprint density at radius 2 is 1.25 bits per heavy atom. The molecule has 0 atom stereocenters. The highest BCUT2D eigenvalue weighted by atomic mass is 79.9. The lowest BCUT2D eigenvalue weighted by Gasteiger charge is -2.27. The minimum atomic E-state index is -0.0267. The van der Waals surface area contributed by atoms with E-state index in [1.165, 1.54) is 67.8 Å². The van der Waals surface area contributed by atoms with E-state index in [1.807, 2.05) is 22.7 Å². The molecule has 32 heavy (non-hydrogen) atoms. The monoisotopic (exact) mass is 578 g/mol. The number of fused-ring (bicyclic) bond motifs is 11. The molecule has 7 rings (SSSR count). The van der Waals surface area contributed by atoms with E-state index in [1.54, 1.807) is 0 Å². The van der Waals surface area contributed by atoms with Gasteiger partial charge in [-0.25, -0.2) is 0 Å². The van der Waals surface area contributed by atoms with Gasteiger partial charge in [0.25, 0.3) is 0 Å². The number of benzene rings is 3. The molecule has 2 aliphatic carbocycles. The predicted octanol–water partition coefficient (Wildman–Crippen LogP) is 10.3. The van der Waals surface area contributed by atoms with Crippen molar-refractivity contribution in [2.75, 3.05) is 0 Å². The largest absolute Gasteiger partial charge is 0.135 e. The van der Waals surface area contributed by atoms with Gasteiger partial charge in [-0.3, -0.25) is 0 Å². The maximum atomic E-state index is 3.72. The molecule has 0 saturated carbocycles. The van der Waals surface area contributed by atoms with Crippen molar-refractivity contribution in [1.29, 1.82) is 0 Å². The van der Waals surface area contributed by atoms with Crippen LogP contribution in [0.2, 0.25) is 0 Å². The summed E-state index contributed by atoms with van der Waals surface area (Å²) in [6.45, 7) is 9.60. The van der Waals surface area contributed by atoms with Crippen LogP contribution in [0.15, 0.2) is 56.8 Å². The van der Waals surface area contributed by atoms with E-state index >= 15 is 0 Å². The summed E-state index contributed by atoms with van der Waals surface area (Å²) in [5.74, 6) is 0. The van der Waals surface area contributed by atoms with Crippen LogP contribution in [0.3, 0.4) is 0 Å². The number of rotatable bonds is 0. The second-order valence-electron chi connectivity index (χ2n) is 10.1. The second-order valence-corrected chi connectivity index (χ2v) is 14.5. The molecule has 2 heterocycles. The SMILES string of the molecule is CC1(C)c2cc(Br)sc2-c2ccc3c4c(ccc3c21)-c1sc2cc(Br)ccc2c1C4(C)C. The van der Waals surface area contributed by atoms with Gasteiger partial charge in [0.05, 0.1) is 3.79 Å². The summed E-state index contributed by atoms with van der Waals surface area (Å²) in [5.41, 5.74) is 8.75. The van der Waals surface area contributed by atoms with Gasteiger partial charge in [0.1, 0.15) is 0 Å². The molecule has 0 saturated heterocycles. The number of hydrogen-bond acceptors (Lipinski definition) is 2. The van der Waals surface area contributed by atoms with Crippen LogP contribution < -0.4 is 0 Å². The zero-order chi connectivity index (χ0) is 22.2. The first-order valence-electron chi connectivity index (χ1n) is 10.8. The van der Waals surface area contributed by atoms with Crippen molar-refractivity contribution in [1.82, 2.24) is 0 Å². The Bertz CT molecular complexity index is 1650. The number of hydrogen-bond donors (Lipinski definition) is 0. The van der Waals surface area contributed by atoms with Gasteiger partial charge in [-0.15, -0.1) is 22.7 Å². The smallest absolute Gasteiger partial charge is 0.0708 e. The Morgan fingerprint density at radius 3 is 1.97 bits per heavy atom. The fraction of sp³-hybridized carbons (Fsp3) is 0.214. The van der Waals surface area contributed by atoms with Crippen molar-refractivity contribution >= 4 is 75.4 Å². The van der Waals surface area contributed by atoms with Crippen molar-refractivity contribution in [3.05, 3.63) is 79.0 Å². The van der Waals surface area contributed by atoms with Crippen molar-refractivity contribution in [2.45, 2.75) is 38.5 Å². The Hall–Kier alpha value is -1.46. The molecule has 3 aromatic carbocycles. The lowest BCUT2D eigenvalue weighted by atomic mass is 9.76. The average molecular weight is 580 g/mol. The van der Waals surface area contributed by atoms with Crippen molar-refractivity contribution in [3.63, 3.8) is 0 Å². The minimum absolute atomic E-state index is 0.00740. The molecule has 0 unspecified atom stereocenters. The van der Waals surface area contributed by atoms with Crippen LogP contribution in [0.4, 0.5) is 0 Å². The Balaban J connectivity index is 1.57. The summed E-state index contributed by atoms with van der Waals surface area (Å²) in [6.07, 6.45) is 0. The second kappa shape index (κ2) is 6.15. The molecular formula is C28H20Br2S2. The van der Waals surface area contributed by atoms with Crippen LogP contribution >= 0.6 is 54.5 Å². The van der Waals surface area contributed by atoms with Gasteiger partial charge >= 0.3 is 0 Å². The van der Waals surface area contributed by atoms with E-state index < -0.39 is 0 Å². The third kappa shape index (κ3) is 2.28. The maximum Gasteiger partial charge on any atom is 0.0708 e. The fourth-order valence-electron chi connectivity index (χ4n) is 6.30.